The summed E-state index contributed by atoms with van der Waals surface area (Å²) in [6.45, 7) is 0. The summed E-state index contributed by atoms with van der Waals surface area (Å²) >= 11 is 3.31. The molecule has 6 nitrogen and oxygen atoms in total. The number of hydrogen-bond acceptors (Lipinski definition) is 4. The van der Waals surface area contributed by atoms with Crippen molar-refractivity contribution in [1.29, 1.82) is 0 Å². The SMILES string of the molecule is N[C@@H](Cc1ccc(NS(=O)(=O)CCCCCBr)cc1)C(=O)O. The number of halogens is 1. The number of unbranched alkanes of at least 4 members (excludes halogenated alkanes) is 2. The van der Waals surface area contributed by atoms with Crippen molar-refractivity contribution in [3.05, 3.63) is 29.8 Å². The first-order valence-corrected chi connectivity index (χ1v) is 9.75. The van der Waals surface area contributed by atoms with Gasteiger partial charge in [-0.3, -0.25) is 9.52 Å². The van der Waals surface area contributed by atoms with E-state index in [2.05, 4.69) is 20.7 Å². The summed E-state index contributed by atoms with van der Waals surface area (Å²) in [5.74, 6) is -0.973. The van der Waals surface area contributed by atoms with Crippen LogP contribution in [0.15, 0.2) is 24.3 Å². The zero-order valence-corrected chi connectivity index (χ0v) is 14.6. The Bertz CT molecular complexity index is 575. The first-order valence-electron chi connectivity index (χ1n) is 6.98. The molecule has 22 heavy (non-hydrogen) atoms. The molecule has 1 rings (SSSR count). The lowest BCUT2D eigenvalue weighted by molar-refractivity contribution is -0.138. The van der Waals surface area contributed by atoms with Crippen LogP contribution in [0.5, 0.6) is 0 Å². The highest BCUT2D eigenvalue weighted by Gasteiger charge is 2.13. The predicted molar refractivity (Wildman–Crippen MR) is 90.8 cm³/mol. The summed E-state index contributed by atoms with van der Waals surface area (Å²) in [4.78, 5) is 10.7. The number of alkyl halides is 1. The number of benzene rings is 1. The fourth-order valence-electron chi connectivity index (χ4n) is 1.84. The monoisotopic (exact) mass is 392 g/mol. The second-order valence-corrected chi connectivity index (χ2v) is 7.65. The number of aliphatic carboxylic acids is 1. The van der Waals surface area contributed by atoms with E-state index in [0.717, 1.165) is 23.7 Å². The third kappa shape index (κ3) is 7.24. The molecule has 1 aromatic rings. The molecule has 0 aliphatic heterocycles. The summed E-state index contributed by atoms with van der Waals surface area (Å²) in [5, 5.41) is 9.63. The Morgan fingerprint density at radius 2 is 1.86 bits per heavy atom. The van der Waals surface area contributed by atoms with E-state index in [1.54, 1.807) is 24.3 Å². The molecule has 0 aliphatic rings. The van der Waals surface area contributed by atoms with Crippen molar-refractivity contribution >= 4 is 37.6 Å². The van der Waals surface area contributed by atoms with Gasteiger partial charge in [0.15, 0.2) is 0 Å². The Morgan fingerprint density at radius 3 is 2.41 bits per heavy atom. The van der Waals surface area contributed by atoms with E-state index in [-0.39, 0.29) is 12.2 Å². The average Bonchev–Trinajstić information content (AvgIpc) is 2.45. The van der Waals surface area contributed by atoms with E-state index < -0.39 is 22.0 Å². The third-order valence-corrected chi connectivity index (χ3v) is 4.98. The number of carboxylic acids is 1. The van der Waals surface area contributed by atoms with Crippen LogP contribution in [0, 0.1) is 0 Å². The molecule has 0 aliphatic carbocycles. The van der Waals surface area contributed by atoms with Gasteiger partial charge in [0.1, 0.15) is 6.04 Å². The molecule has 0 fully saturated rings. The number of nitrogens with two attached hydrogens (primary N) is 1. The highest BCUT2D eigenvalue weighted by molar-refractivity contribution is 9.09. The summed E-state index contributed by atoms with van der Waals surface area (Å²) in [7, 11) is -3.35. The molecule has 0 unspecified atom stereocenters. The van der Waals surface area contributed by atoms with E-state index >= 15 is 0 Å². The van der Waals surface area contributed by atoms with Crippen LogP contribution in [0.2, 0.25) is 0 Å². The average molecular weight is 393 g/mol. The van der Waals surface area contributed by atoms with Gasteiger partial charge in [0.2, 0.25) is 10.0 Å². The van der Waals surface area contributed by atoms with Crippen molar-refractivity contribution in [1.82, 2.24) is 0 Å². The Balaban J connectivity index is 2.54. The normalized spacial score (nSPS) is 12.8. The molecule has 0 radical (unpaired) electrons. The molecule has 1 atom stereocenters. The first-order chi connectivity index (χ1) is 10.3. The molecule has 0 saturated heterocycles. The van der Waals surface area contributed by atoms with Crippen molar-refractivity contribution < 1.29 is 18.3 Å². The molecular formula is C14H21BrN2O4S. The molecule has 0 amide bonds. The van der Waals surface area contributed by atoms with E-state index in [9.17, 15) is 13.2 Å². The van der Waals surface area contributed by atoms with Gasteiger partial charge in [-0.25, -0.2) is 8.42 Å². The number of hydrogen-bond donors (Lipinski definition) is 3. The minimum Gasteiger partial charge on any atom is -0.480 e. The zero-order valence-electron chi connectivity index (χ0n) is 12.2. The minimum atomic E-state index is -3.35. The van der Waals surface area contributed by atoms with Crippen LogP contribution >= 0.6 is 15.9 Å². The summed E-state index contributed by atoms with van der Waals surface area (Å²) in [6, 6.07) is 5.61. The quantitative estimate of drug-likeness (QED) is 0.416. The molecule has 0 saturated carbocycles. The Hall–Kier alpha value is -1.12. The maximum absolute atomic E-state index is 11.9. The fraction of sp³-hybridized carbons (Fsp3) is 0.500. The molecule has 1 aromatic carbocycles. The first kappa shape index (κ1) is 18.9. The zero-order chi connectivity index (χ0) is 16.6. The van der Waals surface area contributed by atoms with Gasteiger partial charge in [0.05, 0.1) is 5.75 Å². The van der Waals surface area contributed by atoms with Crippen LogP contribution in [0.4, 0.5) is 5.69 Å². The van der Waals surface area contributed by atoms with Gasteiger partial charge in [0.25, 0.3) is 0 Å². The maximum atomic E-state index is 11.9. The van der Waals surface area contributed by atoms with Crippen molar-refractivity contribution in [2.75, 3.05) is 15.8 Å². The lowest BCUT2D eigenvalue weighted by Crippen LogP contribution is -2.32. The van der Waals surface area contributed by atoms with Crippen LogP contribution < -0.4 is 10.5 Å². The number of rotatable bonds is 10. The van der Waals surface area contributed by atoms with Gasteiger partial charge >= 0.3 is 5.97 Å². The van der Waals surface area contributed by atoms with Crippen molar-refractivity contribution in [3.63, 3.8) is 0 Å². The number of anilines is 1. The van der Waals surface area contributed by atoms with Crippen LogP contribution in [-0.4, -0.2) is 36.6 Å². The molecule has 8 heteroatoms. The summed E-state index contributed by atoms with van der Waals surface area (Å²) < 4.78 is 26.3. The third-order valence-electron chi connectivity index (χ3n) is 3.05. The molecule has 0 heterocycles. The van der Waals surface area contributed by atoms with Gasteiger partial charge in [-0.15, -0.1) is 0 Å². The molecule has 4 N–H and O–H groups in total. The van der Waals surface area contributed by atoms with E-state index in [4.69, 9.17) is 10.8 Å². The summed E-state index contributed by atoms with van der Waals surface area (Å²) in [5.41, 5.74) is 6.66. The lowest BCUT2D eigenvalue weighted by Gasteiger charge is -2.10. The predicted octanol–water partition coefficient (Wildman–Crippen LogP) is 1.95. The van der Waals surface area contributed by atoms with Crippen molar-refractivity contribution in [2.24, 2.45) is 5.73 Å². The van der Waals surface area contributed by atoms with Gasteiger partial charge in [-0.05, 0) is 37.0 Å². The molecule has 0 bridgehead atoms. The van der Waals surface area contributed by atoms with E-state index in [1.165, 1.54) is 0 Å². The second-order valence-electron chi connectivity index (χ2n) is 5.02. The standard InChI is InChI=1S/C14H21BrN2O4S/c15-8-2-1-3-9-22(20,21)17-12-6-4-11(5-7-12)10-13(16)14(18)19/h4-7,13,17H,1-3,8-10,16H2,(H,18,19)/t13-/m0/s1. The molecule has 0 spiro atoms. The number of nitrogens with one attached hydrogen (secondary N) is 1. The number of sulfonamides is 1. The topological polar surface area (TPSA) is 109 Å². The number of carboxylic acid groups (broad SMARTS) is 1. The van der Waals surface area contributed by atoms with E-state index in [0.29, 0.717) is 12.1 Å². The van der Waals surface area contributed by atoms with E-state index in [1.807, 2.05) is 0 Å². The van der Waals surface area contributed by atoms with Crippen LogP contribution in [0.1, 0.15) is 24.8 Å². The smallest absolute Gasteiger partial charge is 0.320 e. The van der Waals surface area contributed by atoms with Crippen LogP contribution in [0.25, 0.3) is 0 Å². The van der Waals surface area contributed by atoms with Crippen molar-refractivity contribution in [3.8, 4) is 0 Å². The largest absolute Gasteiger partial charge is 0.480 e. The fourth-order valence-corrected chi connectivity index (χ4v) is 3.42. The van der Waals surface area contributed by atoms with Crippen molar-refractivity contribution in [2.45, 2.75) is 31.7 Å². The van der Waals surface area contributed by atoms with Gasteiger partial charge < -0.3 is 10.8 Å². The summed E-state index contributed by atoms with van der Waals surface area (Å²) in [6.07, 6.45) is 2.63. The van der Waals surface area contributed by atoms with Gasteiger partial charge in [-0.1, -0.05) is 34.5 Å². The second kappa shape index (κ2) is 9.12. The molecular weight excluding hydrogens is 372 g/mol. The maximum Gasteiger partial charge on any atom is 0.320 e. The minimum absolute atomic E-state index is 0.0889. The Kier molecular flexibility index (Phi) is 7.84. The Labute approximate surface area is 139 Å². The highest BCUT2D eigenvalue weighted by atomic mass is 79.9. The highest BCUT2D eigenvalue weighted by Crippen LogP contribution is 2.13. The van der Waals surface area contributed by atoms with Crippen LogP contribution in [0.3, 0.4) is 0 Å². The number of carbonyl (C=O) groups is 1. The molecule has 0 aromatic heterocycles. The molecule has 124 valence electrons. The van der Waals surface area contributed by atoms with Gasteiger partial charge in [-0.2, -0.15) is 0 Å². The lowest BCUT2D eigenvalue weighted by atomic mass is 10.1. The van der Waals surface area contributed by atoms with Gasteiger partial charge in [0, 0.05) is 11.0 Å². The Morgan fingerprint density at radius 1 is 1.23 bits per heavy atom. The van der Waals surface area contributed by atoms with Crippen LogP contribution in [-0.2, 0) is 21.2 Å².